The van der Waals surface area contributed by atoms with E-state index in [1.54, 1.807) is 30.5 Å². The standard InChI is InChI=1S/C16H9BrN4O3/c17-10-7-12-15(18-8-10)20-16(19-12)14-6-5-13(24-14)9-1-3-11(4-2-9)21(22)23/h1-8H,(H,18,19,20). The number of imidazole rings is 1. The molecule has 0 atom stereocenters. The fourth-order valence-electron chi connectivity index (χ4n) is 2.36. The first kappa shape index (κ1) is 14.6. The quantitative estimate of drug-likeness (QED) is 0.412. The van der Waals surface area contributed by atoms with Crippen LogP contribution in [0.1, 0.15) is 0 Å². The van der Waals surface area contributed by atoms with Crippen molar-refractivity contribution in [2.24, 2.45) is 0 Å². The Morgan fingerprint density at radius 2 is 1.88 bits per heavy atom. The van der Waals surface area contributed by atoms with Crippen LogP contribution in [0.4, 0.5) is 5.69 Å². The third kappa shape index (κ3) is 2.56. The predicted octanol–water partition coefficient (Wildman–Crippen LogP) is 4.56. The van der Waals surface area contributed by atoms with Crippen molar-refractivity contribution in [2.75, 3.05) is 0 Å². The number of halogens is 1. The lowest BCUT2D eigenvalue weighted by Gasteiger charge is -1.96. The highest BCUT2D eigenvalue weighted by Crippen LogP contribution is 2.29. The highest BCUT2D eigenvalue weighted by atomic mass is 79.9. The van der Waals surface area contributed by atoms with Gasteiger partial charge in [-0.1, -0.05) is 0 Å². The second kappa shape index (κ2) is 5.57. The number of H-pyrrole nitrogens is 1. The number of nitrogens with zero attached hydrogens (tertiary/aromatic N) is 3. The van der Waals surface area contributed by atoms with Gasteiger partial charge in [-0.15, -0.1) is 0 Å². The molecule has 7 nitrogen and oxygen atoms in total. The Bertz CT molecular complexity index is 1050. The Morgan fingerprint density at radius 3 is 2.62 bits per heavy atom. The third-order valence-electron chi connectivity index (χ3n) is 3.51. The molecule has 4 aromatic rings. The maximum atomic E-state index is 10.7. The molecule has 0 bridgehead atoms. The molecule has 0 spiro atoms. The van der Waals surface area contributed by atoms with Crippen molar-refractivity contribution >= 4 is 32.8 Å². The van der Waals surface area contributed by atoms with Crippen molar-refractivity contribution in [1.82, 2.24) is 15.0 Å². The monoisotopic (exact) mass is 384 g/mol. The smallest absolute Gasteiger partial charge is 0.269 e. The normalized spacial score (nSPS) is 11.0. The fourth-order valence-corrected chi connectivity index (χ4v) is 2.69. The van der Waals surface area contributed by atoms with E-state index in [1.807, 2.05) is 6.07 Å². The minimum absolute atomic E-state index is 0.0412. The van der Waals surface area contributed by atoms with Gasteiger partial charge in [0, 0.05) is 28.4 Å². The molecule has 4 rings (SSSR count). The second-order valence-electron chi connectivity index (χ2n) is 5.08. The molecule has 0 unspecified atom stereocenters. The highest BCUT2D eigenvalue weighted by molar-refractivity contribution is 9.10. The molecule has 0 aliphatic rings. The summed E-state index contributed by atoms with van der Waals surface area (Å²) in [4.78, 5) is 22.0. The SMILES string of the molecule is O=[N+]([O-])c1ccc(-c2ccc(-c3nc4ncc(Br)cc4[nH]3)o2)cc1. The van der Waals surface area contributed by atoms with Crippen LogP contribution in [0.15, 0.2) is 57.6 Å². The van der Waals surface area contributed by atoms with Crippen LogP contribution in [-0.2, 0) is 0 Å². The van der Waals surface area contributed by atoms with Gasteiger partial charge in [0.15, 0.2) is 17.2 Å². The summed E-state index contributed by atoms with van der Waals surface area (Å²) in [5.74, 6) is 1.75. The number of hydrogen-bond donors (Lipinski definition) is 1. The number of rotatable bonds is 3. The van der Waals surface area contributed by atoms with Gasteiger partial charge in [0.25, 0.3) is 5.69 Å². The summed E-state index contributed by atoms with van der Waals surface area (Å²) in [7, 11) is 0. The molecule has 3 aromatic heterocycles. The maximum Gasteiger partial charge on any atom is 0.269 e. The molecular weight excluding hydrogens is 376 g/mol. The third-order valence-corrected chi connectivity index (χ3v) is 3.94. The van der Waals surface area contributed by atoms with E-state index in [0.29, 0.717) is 23.0 Å². The van der Waals surface area contributed by atoms with Crippen LogP contribution in [0.5, 0.6) is 0 Å². The molecule has 0 radical (unpaired) electrons. The van der Waals surface area contributed by atoms with Crippen LogP contribution in [0.25, 0.3) is 34.1 Å². The summed E-state index contributed by atoms with van der Waals surface area (Å²) in [5.41, 5.74) is 2.19. The number of pyridine rings is 1. The fraction of sp³-hybridized carbons (Fsp3) is 0. The van der Waals surface area contributed by atoms with E-state index in [9.17, 15) is 10.1 Å². The van der Waals surface area contributed by atoms with Crippen LogP contribution in [0.3, 0.4) is 0 Å². The van der Waals surface area contributed by atoms with E-state index in [0.717, 1.165) is 15.6 Å². The van der Waals surface area contributed by atoms with Crippen molar-refractivity contribution in [3.63, 3.8) is 0 Å². The van der Waals surface area contributed by atoms with Gasteiger partial charge in [0.05, 0.1) is 10.4 Å². The zero-order chi connectivity index (χ0) is 16.7. The van der Waals surface area contributed by atoms with Crippen molar-refractivity contribution in [3.05, 3.63) is 63.2 Å². The summed E-state index contributed by atoms with van der Waals surface area (Å²) in [5, 5.41) is 10.7. The van der Waals surface area contributed by atoms with Crippen molar-refractivity contribution in [3.8, 4) is 22.9 Å². The van der Waals surface area contributed by atoms with Gasteiger partial charge in [0.2, 0.25) is 0 Å². The van der Waals surface area contributed by atoms with Crippen molar-refractivity contribution in [2.45, 2.75) is 0 Å². The molecule has 8 heteroatoms. The Kier molecular flexibility index (Phi) is 3.39. The molecule has 0 saturated heterocycles. The lowest BCUT2D eigenvalue weighted by atomic mass is 10.1. The number of nitro benzene ring substituents is 1. The number of furan rings is 1. The number of aromatic nitrogens is 3. The van der Waals surface area contributed by atoms with E-state index in [2.05, 4.69) is 30.9 Å². The van der Waals surface area contributed by atoms with Crippen molar-refractivity contribution < 1.29 is 9.34 Å². The number of nitrogens with one attached hydrogen (secondary N) is 1. The van der Waals surface area contributed by atoms with E-state index in [4.69, 9.17) is 4.42 Å². The first-order valence-corrected chi connectivity index (χ1v) is 7.76. The average molecular weight is 385 g/mol. The predicted molar refractivity (Wildman–Crippen MR) is 91.4 cm³/mol. The molecule has 0 amide bonds. The largest absolute Gasteiger partial charge is 0.453 e. The molecule has 0 saturated carbocycles. The van der Waals surface area contributed by atoms with Crippen LogP contribution >= 0.6 is 15.9 Å². The van der Waals surface area contributed by atoms with E-state index >= 15 is 0 Å². The van der Waals surface area contributed by atoms with Gasteiger partial charge in [-0.05, 0) is 46.3 Å². The van der Waals surface area contributed by atoms with Gasteiger partial charge in [0.1, 0.15) is 5.76 Å². The summed E-state index contributed by atoms with van der Waals surface area (Å²) in [6, 6.07) is 11.7. The number of benzene rings is 1. The first-order valence-electron chi connectivity index (χ1n) is 6.96. The van der Waals surface area contributed by atoms with Gasteiger partial charge in [-0.25, -0.2) is 9.97 Å². The zero-order valence-corrected chi connectivity index (χ0v) is 13.6. The van der Waals surface area contributed by atoms with Gasteiger partial charge in [-0.2, -0.15) is 0 Å². The van der Waals surface area contributed by atoms with Crippen LogP contribution in [-0.4, -0.2) is 19.9 Å². The summed E-state index contributed by atoms with van der Waals surface area (Å²) < 4.78 is 6.67. The lowest BCUT2D eigenvalue weighted by Crippen LogP contribution is -1.86. The number of nitro groups is 1. The number of aromatic amines is 1. The molecule has 0 fully saturated rings. The first-order chi connectivity index (χ1) is 11.6. The molecule has 24 heavy (non-hydrogen) atoms. The molecule has 0 aliphatic heterocycles. The molecule has 1 aromatic carbocycles. The molecule has 3 heterocycles. The topological polar surface area (TPSA) is 97.9 Å². The zero-order valence-electron chi connectivity index (χ0n) is 12.1. The van der Waals surface area contributed by atoms with Crippen LogP contribution in [0, 0.1) is 10.1 Å². The minimum Gasteiger partial charge on any atom is -0.453 e. The molecule has 0 aliphatic carbocycles. The molecular formula is C16H9BrN4O3. The Balaban J connectivity index is 1.69. The number of fused-ring (bicyclic) bond motifs is 1. The van der Waals surface area contributed by atoms with E-state index in [-0.39, 0.29) is 5.69 Å². The maximum absolute atomic E-state index is 10.7. The van der Waals surface area contributed by atoms with Crippen molar-refractivity contribution in [1.29, 1.82) is 0 Å². The minimum atomic E-state index is -0.434. The average Bonchev–Trinajstić information content (AvgIpc) is 3.21. The molecule has 1 N–H and O–H groups in total. The summed E-state index contributed by atoms with van der Waals surface area (Å²) >= 11 is 3.37. The Morgan fingerprint density at radius 1 is 1.12 bits per heavy atom. The van der Waals surface area contributed by atoms with E-state index in [1.165, 1.54) is 12.1 Å². The lowest BCUT2D eigenvalue weighted by molar-refractivity contribution is -0.384. The Labute approximate surface area is 143 Å². The number of non-ortho nitro benzene ring substituents is 1. The van der Waals surface area contributed by atoms with Gasteiger partial charge in [-0.3, -0.25) is 10.1 Å². The van der Waals surface area contributed by atoms with Gasteiger partial charge >= 0.3 is 0 Å². The van der Waals surface area contributed by atoms with Gasteiger partial charge < -0.3 is 9.40 Å². The highest BCUT2D eigenvalue weighted by Gasteiger charge is 2.13. The van der Waals surface area contributed by atoms with Crippen LogP contribution < -0.4 is 0 Å². The second-order valence-corrected chi connectivity index (χ2v) is 5.99. The summed E-state index contributed by atoms with van der Waals surface area (Å²) in [6.07, 6.45) is 1.68. The summed E-state index contributed by atoms with van der Waals surface area (Å²) in [6.45, 7) is 0. The Hall–Kier alpha value is -3.00. The van der Waals surface area contributed by atoms with Crippen LogP contribution in [0.2, 0.25) is 0 Å². The van der Waals surface area contributed by atoms with E-state index < -0.39 is 4.92 Å². The molecule has 118 valence electrons. The number of hydrogen-bond acceptors (Lipinski definition) is 5.